The normalized spacial score (nSPS) is 23.6. The highest BCUT2D eigenvalue weighted by atomic mass is 32.2. The van der Waals surface area contributed by atoms with Crippen molar-refractivity contribution in [2.24, 2.45) is 0 Å². The molecule has 1 atom stereocenters. The molecule has 4 nitrogen and oxygen atoms in total. The molecule has 0 N–H and O–H groups in total. The van der Waals surface area contributed by atoms with Crippen LogP contribution in [0.15, 0.2) is 18.5 Å². The Hall–Kier alpha value is -1.41. The van der Waals surface area contributed by atoms with Crippen LogP contribution in [-0.4, -0.2) is 24.9 Å². The van der Waals surface area contributed by atoms with E-state index in [1.807, 2.05) is 0 Å². The van der Waals surface area contributed by atoms with Gasteiger partial charge in [-0.3, -0.25) is 4.98 Å². The second kappa shape index (κ2) is 4.22. The van der Waals surface area contributed by atoms with Crippen LogP contribution >= 0.6 is 0 Å². The summed E-state index contributed by atoms with van der Waals surface area (Å²) in [6.07, 6.45) is 4.62. The van der Waals surface area contributed by atoms with E-state index >= 15 is 0 Å². The number of rotatable bonds is 1. The highest BCUT2D eigenvalue weighted by Gasteiger charge is 2.27. The summed E-state index contributed by atoms with van der Waals surface area (Å²) < 4.78 is 23.1. The van der Waals surface area contributed by atoms with Crippen LogP contribution in [-0.2, 0) is 9.84 Å². The van der Waals surface area contributed by atoms with Crippen LogP contribution in [0.3, 0.4) is 0 Å². The quantitative estimate of drug-likeness (QED) is 0.735. The predicted molar refractivity (Wildman–Crippen MR) is 59.6 cm³/mol. The standard InChI is InChI=1S/C11H12N2O2S/c12-6-10-7-13-4-3-11(10)9-2-1-5-16(14,15)8-9/h3-4,7,9H,1-2,5,8H2. The van der Waals surface area contributed by atoms with Crippen LogP contribution in [0.5, 0.6) is 0 Å². The average Bonchev–Trinajstić information content (AvgIpc) is 2.27. The fourth-order valence-electron chi connectivity index (χ4n) is 2.12. The molecule has 1 unspecified atom stereocenters. The number of hydrogen-bond donors (Lipinski definition) is 0. The minimum Gasteiger partial charge on any atom is -0.263 e. The molecule has 1 aliphatic rings. The molecule has 84 valence electrons. The van der Waals surface area contributed by atoms with Gasteiger partial charge in [-0.25, -0.2) is 8.42 Å². The van der Waals surface area contributed by atoms with Crippen molar-refractivity contribution in [1.82, 2.24) is 4.98 Å². The monoisotopic (exact) mass is 236 g/mol. The zero-order valence-electron chi connectivity index (χ0n) is 8.76. The molecule has 0 bridgehead atoms. The lowest BCUT2D eigenvalue weighted by molar-refractivity contribution is 0.553. The van der Waals surface area contributed by atoms with Crippen molar-refractivity contribution in [3.63, 3.8) is 0 Å². The molecule has 0 amide bonds. The third-order valence-corrected chi connectivity index (χ3v) is 4.70. The van der Waals surface area contributed by atoms with E-state index in [9.17, 15) is 8.42 Å². The molecule has 1 fully saturated rings. The van der Waals surface area contributed by atoms with E-state index in [2.05, 4.69) is 11.1 Å². The van der Waals surface area contributed by atoms with Gasteiger partial charge in [0, 0.05) is 12.4 Å². The van der Waals surface area contributed by atoms with E-state index < -0.39 is 9.84 Å². The van der Waals surface area contributed by atoms with Gasteiger partial charge < -0.3 is 0 Å². The zero-order valence-corrected chi connectivity index (χ0v) is 9.57. The van der Waals surface area contributed by atoms with Crippen LogP contribution in [0.2, 0.25) is 0 Å². The molecule has 16 heavy (non-hydrogen) atoms. The van der Waals surface area contributed by atoms with Crippen LogP contribution in [0, 0.1) is 11.3 Å². The Morgan fingerprint density at radius 2 is 2.31 bits per heavy atom. The minimum atomic E-state index is -2.93. The smallest absolute Gasteiger partial charge is 0.150 e. The largest absolute Gasteiger partial charge is 0.263 e. The van der Waals surface area contributed by atoms with Crippen LogP contribution < -0.4 is 0 Å². The first kappa shape index (κ1) is 11.1. The number of sulfone groups is 1. The summed E-state index contributed by atoms with van der Waals surface area (Å²) in [6, 6.07) is 3.82. The maximum absolute atomic E-state index is 11.5. The lowest BCUT2D eigenvalue weighted by Gasteiger charge is -2.22. The van der Waals surface area contributed by atoms with Gasteiger partial charge in [0.25, 0.3) is 0 Å². The first-order valence-electron chi connectivity index (χ1n) is 5.17. The van der Waals surface area contributed by atoms with Crippen molar-refractivity contribution in [2.45, 2.75) is 18.8 Å². The van der Waals surface area contributed by atoms with Crippen LogP contribution in [0.25, 0.3) is 0 Å². The third kappa shape index (κ3) is 2.22. The first-order valence-corrected chi connectivity index (χ1v) is 6.99. The first-order chi connectivity index (χ1) is 7.62. The Morgan fingerprint density at radius 1 is 1.50 bits per heavy atom. The molecule has 0 aromatic carbocycles. The van der Waals surface area contributed by atoms with Crippen molar-refractivity contribution in [3.05, 3.63) is 29.6 Å². The fourth-order valence-corrected chi connectivity index (χ4v) is 3.86. The Labute approximate surface area is 94.9 Å². The summed E-state index contributed by atoms with van der Waals surface area (Å²) in [4.78, 5) is 3.88. The number of nitrogens with zero attached hydrogens (tertiary/aromatic N) is 2. The summed E-state index contributed by atoms with van der Waals surface area (Å²) in [7, 11) is -2.93. The van der Waals surface area contributed by atoms with E-state index in [0.29, 0.717) is 12.0 Å². The highest BCUT2D eigenvalue weighted by molar-refractivity contribution is 7.91. The Kier molecular flexibility index (Phi) is 2.92. The van der Waals surface area contributed by atoms with E-state index in [1.165, 1.54) is 6.20 Å². The SMILES string of the molecule is N#Cc1cnccc1C1CCCS(=O)(=O)C1. The predicted octanol–water partition coefficient (Wildman–Crippen LogP) is 1.25. The molecular weight excluding hydrogens is 224 g/mol. The summed E-state index contributed by atoms with van der Waals surface area (Å²) in [5.74, 6) is 0.388. The van der Waals surface area contributed by atoms with Gasteiger partial charge >= 0.3 is 0 Å². The molecule has 1 saturated heterocycles. The minimum absolute atomic E-state index is 0.0450. The van der Waals surface area contributed by atoms with Gasteiger partial charge in [-0.1, -0.05) is 0 Å². The Morgan fingerprint density at radius 3 is 3.00 bits per heavy atom. The van der Waals surface area contributed by atoms with Gasteiger partial charge in [0.05, 0.1) is 17.1 Å². The van der Waals surface area contributed by atoms with E-state index in [-0.39, 0.29) is 17.4 Å². The van der Waals surface area contributed by atoms with Crippen molar-refractivity contribution in [1.29, 1.82) is 5.26 Å². The molecule has 5 heteroatoms. The van der Waals surface area contributed by atoms with Gasteiger partial charge in [-0.2, -0.15) is 5.26 Å². The third-order valence-electron chi connectivity index (χ3n) is 2.88. The highest BCUT2D eigenvalue weighted by Crippen LogP contribution is 2.29. The number of hydrogen-bond acceptors (Lipinski definition) is 4. The second-order valence-electron chi connectivity index (χ2n) is 4.03. The number of pyridine rings is 1. The molecule has 1 aliphatic heterocycles. The van der Waals surface area contributed by atoms with Gasteiger partial charge in [0.15, 0.2) is 9.84 Å². The van der Waals surface area contributed by atoms with Crippen LogP contribution in [0.4, 0.5) is 0 Å². The van der Waals surface area contributed by atoms with Crippen molar-refractivity contribution in [2.75, 3.05) is 11.5 Å². The van der Waals surface area contributed by atoms with E-state index in [1.54, 1.807) is 12.3 Å². The topological polar surface area (TPSA) is 70.8 Å². The maximum atomic E-state index is 11.5. The maximum Gasteiger partial charge on any atom is 0.150 e. The van der Waals surface area contributed by atoms with Crippen molar-refractivity contribution in [3.8, 4) is 6.07 Å². The van der Waals surface area contributed by atoms with Gasteiger partial charge in [-0.05, 0) is 30.4 Å². The molecule has 2 heterocycles. The van der Waals surface area contributed by atoms with E-state index in [4.69, 9.17) is 5.26 Å². The second-order valence-corrected chi connectivity index (χ2v) is 6.26. The van der Waals surface area contributed by atoms with Gasteiger partial charge in [0.1, 0.15) is 6.07 Å². The summed E-state index contributed by atoms with van der Waals surface area (Å²) in [5, 5.41) is 8.94. The molecular formula is C11H12N2O2S. The van der Waals surface area contributed by atoms with Crippen molar-refractivity contribution < 1.29 is 8.42 Å². The molecule has 0 spiro atoms. The Balaban J connectivity index is 2.35. The molecule has 2 rings (SSSR count). The van der Waals surface area contributed by atoms with Crippen LogP contribution in [0.1, 0.15) is 29.9 Å². The lowest BCUT2D eigenvalue weighted by Crippen LogP contribution is -2.24. The summed E-state index contributed by atoms with van der Waals surface area (Å²) in [5.41, 5.74) is 1.31. The summed E-state index contributed by atoms with van der Waals surface area (Å²) in [6.45, 7) is 0. The molecule has 1 aromatic heterocycles. The summed E-state index contributed by atoms with van der Waals surface area (Å²) >= 11 is 0. The van der Waals surface area contributed by atoms with Gasteiger partial charge in [-0.15, -0.1) is 0 Å². The van der Waals surface area contributed by atoms with E-state index in [0.717, 1.165) is 12.0 Å². The molecule has 0 radical (unpaired) electrons. The number of aromatic nitrogens is 1. The lowest BCUT2D eigenvalue weighted by atomic mass is 9.93. The molecule has 0 aliphatic carbocycles. The Bertz CT molecular complexity index is 531. The zero-order chi connectivity index (χ0) is 11.6. The molecule has 0 saturated carbocycles. The van der Waals surface area contributed by atoms with Crippen molar-refractivity contribution >= 4 is 9.84 Å². The molecule has 1 aromatic rings. The average molecular weight is 236 g/mol. The fraction of sp³-hybridized carbons (Fsp3) is 0.455. The van der Waals surface area contributed by atoms with Gasteiger partial charge in [0.2, 0.25) is 0 Å². The number of nitriles is 1.